The second-order valence-corrected chi connectivity index (χ2v) is 8.09. The topological polar surface area (TPSA) is 64.7 Å². The summed E-state index contributed by atoms with van der Waals surface area (Å²) in [5.74, 6) is 0.444. The Labute approximate surface area is 195 Å². The fraction of sp³-hybridized carbons (Fsp3) is 0.240. The van der Waals surface area contributed by atoms with E-state index in [-0.39, 0.29) is 18.0 Å². The van der Waals surface area contributed by atoms with Crippen LogP contribution in [0.5, 0.6) is 0 Å². The Balaban J connectivity index is 1.60. The van der Waals surface area contributed by atoms with Crippen molar-refractivity contribution in [3.05, 3.63) is 101 Å². The highest BCUT2D eigenvalue weighted by Crippen LogP contribution is 2.31. The van der Waals surface area contributed by atoms with Crippen molar-refractivity contribution in [2.45, 2.75) is 32.5 Å². The lowest BCUT2D eigenvalue weighted by molar-refractivity contribution is -0.137. The summed E-state index contributed by atoms with van der Waals surface area (Å²) in [5.41, 5.74) is 2.29. The van der Waals surface area contributed by atoms with Crippen LogP contribution in [0.15, 0.2) is 67.0 Å². The zero-order valence-electron chi connectivity index (χ0n) is 19.0. The van der Waals surface area contributed by atoms with Gasteiger partial charge in [-0.1, -0.05) is 36.4 Å². The van der Waals surface area contributed by atoms with Crippen molar-refractivity contribution in [3.8, 4) is 5.69 Å². The predicted molar refractivity (Wildman–Crippen MR) is 121 cm³/mol. The first kappa shape index (κ1) is 23.3. The van der Waals surface area contributed by atoms with Crippen LogP contribution >= 0.6 is 0 Å². The molecule has 2 heterocycles. The van der Waals surface area contributed by atoms with Crippen molar-refractivity contribution in [2.24, 2.45) is 7.05 Å². The molecule has 0 spiro atoms. The molecule has 1 atom stereocenters. The number of aryl methyl sites for hydroxylation is 2. The Kier molecular flexibility index (Phi) is 6.28. The largest absolute Gasteiger partial charge is 0.416 e. The lowest BCUT2D eigenvalue weighted by Gasteiger charge is -2.19. The molecule has 0 aliphatic carbocycles. The number of alkyl halides is 3. The van der Waals surface area contributed by atoms with Gasteiger partial charge in [0, 0.05) is 30.7 Å². The van der Waals surface area contributed by atoms with Crippen LogP contribution in [0.4, 0.5) is 13.2 Å². The van der Waals surface area contributed by atoms with Crippen molar-refractivity contribution in [3.63, 3.8) is 0 Å². The molecule has 1 unspecified atom stereocenters. The Morgan fingerprint density at radius 2 is 1.82 bits per heavy atom. The van der Waals surface area contributed by atoms with E-state index < -0.39 is 17.8 Å². The van der Waals surface area contributed by atoms with Crippen LogP contribution < -0.4 is 5.32 Å². The number of nitrogens with one attached hydrogen (secondary N) is 1. The summed E-state index contributed by atoms with van der Waals surface area (Å²) < 4.78 is 42.8. The zero-order chi connectivity index (χ0) is 24.5. The lowest BCUT2D eigenvalue weighted by atomic mass is 10.0. The maximum Gasteiger partial charge on any atom is 0.416 e. The number of nitrogens with zero attached hydrogens (tertiary/aromatic N) is 4. The molecule has 0 aliphatic heterocycles. The van der Waals surface area contributed by atoms with E-state index in [2.05, 4.69) is 15.4 Å². The zero-order valence-corrected chi connectivity index (χ0v) is 19.0. The smallest absolute Gasteiger partial charge is 0.342 e. The molecule has 9 heteroatoms. The number of aromatic nitrogens is 4. The van der Waals surface area contributed by atoms with E-state index in [1.54, 1.807) is 26.1 Å². The van der Waals surface area contributed by atoms with Crippen LogP contribution in [-0.4, -0.2) is 25.2 Å². The molecule has 0 saturated carbocycles. The first-order valence-corrected chi connectivity index (χ1v) is 10.7. The van der Waals surface area contributed by atoms with Crippen LogP contribution in [0.3, 0.4) is 0 Å². The monoisotopic (exact) mass is 467 g/mol. The van der Waals surface area contributed by atoms with Crippen molar-refractivity contribution in [1.29, 1.82) is 0 Å². The number of benzene rings is 2. The van der Waals surface area contributed by atoms with E-state index in [1.807, 2.05) is 48.1 Å². The van der Waals surface area contributed by atoms with Gasteiger partial charge in [0.1, 0.15) is 11.9 Å². The summed E-state index contributed by atoms with van der Waals surface area (Å²) in [5, 5.41) is 7.46. The number of carbonyl (C=O) groups is 1. The van der Waals surface area contributed by atoms with Crippen LogP contribution in [0, 0.1) is 13.8 Å². The molecule has 0 aliphatic rings. The highest BCUT2D eigenvalue weighted by Gasteiger charge is 2.31. The molecule has 4 rings (SSSR count). The number of halogens is 3. The van der Waals surface area contributed by atoms with Gasteiger partial charge in [-0.3, -0.25) is 4.79 Å². The van der Waals surface area contributed by atoms with Crippen LogP contribution in [0.1, 0.15) is 39.9 Å². The standard InChI is InChI=1S/C25H24F3N5O/c1-16-21(17(2)33(31-16)20-11-7-10-19(14-20)25(26,27)28)15-22(34)30-23(18-8-5-4-6-9-18)24-29-12-13-32(24)3/h4-14,23H,15H2,1-3H3,(H,30,34). The van der Waals surface area contributed by atoms with Crippen LogP contribution in [-0.2, 0) is 24.4 Å². The van der Waals surface area contributed by atoms with Gasteiger partial charge < -0.3 is 9.88 Å². The normalized spacial score (nSPS) is 12.5. The molecule has 0 saturated heterocycles. The van der Waals surface area contributed by atoms with Gasteiger partial charge in [-0.2, -0.15) is 18.3 Å². The number of amides is 1. The lowest BCUT2D eigenvalue weighted by Crippen LogP contribution is -2.32. The van der Waals surface area contributed by atoms with Gasteiger partial charge in [-0.25, -0.2) is 9.67 Å². The van der Waals surface area contributed by atoms with Crippen molar-refractivity contribution >= 4 is 5.91 Å². The minimum Gasteiger partial charge on any atom is -0.342 e. The third kappa shape index (κ3) is 4.73. The Morgan fingerprint density at radius 3 is 2.47 bits per heavy atom. The van der Waals surface area contributed by atoms with E-state index in [9.17, 15) is 18.0 Å². The highest BCUT2D eigenvalue weighted by molar-refractivity contribution is 5.80. The third-order valence-corrected chi connectivity index (χ3v) is 5.75. The van der Waals surface area contributed by atoms with Gasteiger partial charge in [-0.05, 0) is 37.6 Å². The van der Waals surface area contributed by atoms with Gasteiger partial charge in [-0.15, -0.1) is 0 Å². The number of imidazole rings is 1. The number of hydrogen-bond acceptors (Lipinski definition) is 3. The van der Waals surface area contributed by atoms with E-state index in [0.717, 1.165) is 17.7 Å². The summed E-state index contributed by atoms with van der Waals surface area (Å²) in [6.45, 7) is 3.49. The number of rotatable bonds is 6. The van der Waals surface area contributed by atoms with E-state index in [0.29, 0.717) is 22.8 Å². The van der Waals surface area contributed by atoms with Gasteiger partial charge in [0.15, 0.2) is 0 Å². The second-order valence-electron chi connectivity index (χ2n) is 8.09. The molecule has 1 amide bonds. The third-order valence-electron chi connectivity index (χ3n) is 5.75. The molecule has 0 bridgehead atoms. The molecular weight excluding hydrogens is 443 g/mol. The molecule has 0 fully saturated rings. The Bertz CT molecular complexity index is 1310. The van der Waals surface area contributed by atoms with Crippen molar-refractivity contribution in [2.75, 3.05) is 0 Å². The summed E-state index contributed by atoms with van der Waals surface area (Å²) in [4.78, 5) is 17.5. The minimum atomic E-state index is -4.45. The minimum absolute atomic E-state index is 0.0321. The molecule has 176 valence electrons. The number of hydrogen-bond donors (Lipinski definition) is 1. The van der Waals surface area contributed by atoms with E-state index in [4.69, 9.17) is 0 Å². The van der Waals surface area contributed by atoms with Gasteiger partial charge in [0.2, 0.25) is 5.91 Å². The van der Waals surface area contributed by atoms with Crippen molar-refractivity contribution < 1.29 is 18.0 Å². The summed E-state index contributed by atoms with van der Waals surface area (Å²) in [6, 6.07) is 14.0. The SMILES string of the molecule is Cc1nn(-c2cccc(C(F)(F)F)c2)c(C)c1CC(=O)NC(c1ccccc1)c1nccn1C. The molecular formula is C25H24F3N5O. The summed E-state index contributed by atoms with van der Waals surface area (Å²) >= 11 is 0. The van der Waals surface area contributed by atoms with Crippen LogP contribution in [0.25, 0.3) is 5.69 Å². The van der Waals surface area contributed by atoms with Gasteiger partial charge >= 0.3 is 6.18 Å². The van der Waals surface area contributed by atoms with Gasteiger partial charge in [0.25, 0.3) is 0 Å². The average Bonchev–Trinajstić information content (AvgIpc) is 3.35. The predicted octanol–water partition coefficient (Wildman–Crippen LogP) is 4.69. The Hall–Kier alpha value is -3.88. The fourth-order valence-corrected chi connectivity index (χ4v) is 3.97. The second kappa shape index (κ2) is 9.17. The molecule has 2 aromatic carbocycles. The molecule has 2 aromatic heterocycles. The summed E-state index contributed by atoms with van der Waals surface area (Å²) in [7, 11) is 1.86. The molecule has 0 radical (unpaired) electrons. The maximum absolute atomic E-state index is 13.2. The van der Waals surface area contributed by atoms with Gasteiger partial charge in [0.05, 0.1) is 23.4 Å². The number of carbonyl (C=O) groups excluding carboxylic acids is 1. The first-order valence-electron chi connectivity index (χ1n) is 10.7. The quantitative estimate of drug-likeness (QED) is 0.448. The van der Waals surface area contributed by atoms with E-state index in [1.165, 1.54) is 10.7 Å². The molecule has 34 heavy (non-hydrogen) atoms. The molecule has 4 aromatic rings. The average molecular weight is 467 g/mol. The Morgan fingerprint density at radius 1 is 1.09 bits per heavy atom. The maximum atomic E-state index is 13.2. The van der Waals surface area contributed by atoms with E-state index >= 15 is 0 Å². The summed E-state index contributed by atoms with van der Waals surface area (Å²) in [6.07, 6.45) is -0.938. The molecule has 1 N–H and O–H groups in total. The highest BCUT2D eigenvalue weighted by atomic mass is 19.4. The first-order chi connectivity index (χ1) is 16.1. The van der Waals surface area contributed by atoms with Crippen LogP contribution in [0.2, 0.25) is 0 Å². The molecule has 6 nitrogen and oxygen atoms in total. The fourth-order valence-electron chi connectivity index (χ4n) is 3.97. The van der Waals surface area contributed by atoms with Crippen molar-refractivity contribution in [1.82, 2.24) is 24.6 Å².